The van der Waals surface area contributed by atoms with Gasteiger partial charge in [-0.2, -0.15) is 0 Å². The normalized spacial score (nSPS) is 10.1. The predicted octanol–water partition coefficient (Wildman–Crippen LogP) is 2.59. The second kappa shape index (κ2) is 4.56. The third-order valence-electron chi connectivity index (χ3n) is 2.09. The molecule has 0 amide bonds. The zero-order valence-electron chi connectivity index (χ0n) is 8.44. The number of pyridine rings is 1. The Kier molecular flexibility index (Phi) is 3.14. The second-order valence-corrected chi connectivity index (χ2v) is 4.44. The van der Waals surface area contributed by atoms with Crippen LogP contribution in [0, 0.1) is 3.57 Å². The summed E-state index contributed by atoms with van der Waals surface area (Å²) >= 11 is 2.26. The van der Waals surface area contributed by atoms with Gasteiger partial charge in [0.05, 0.1) is 11.4 Å². The number of benzene rings is 1. The van der Waals surface area contributed by atoms with Crippen molar-refractivity contribution in [1.82, 2.24) is 4.98 Å². The Hall–Kier alpha value is -1.50. The number of rotatable bonds is 2. The lowest BCUT2D eigenvalue weighted by Gasteiger charge is -2.08. The molecule has 0 saturated heterocycles. The van der Waals surface area contributed by atoms with E-state index in [9.17, 15) is 0 Å². The third-order valence-corrected chi connectivity index (χ3v) is 3.03. The van der Waals surface area contributed by atoms with E-state index in [0.29, 0.717) is 17.3 Å². The molecular formula is C11H11IN4. The van der Waals surface area contributed by atoms with E-state index in [0.717, 1.165) is 9.26 Å². The number of aromatic nitrogens is 1. The number of halogens is 1. The van der Waals surface area contributed by atoms with Crippen LogP contribution < -0.4 is 16.8 Å². The Labute approximate surface area is 107 Å². The van der Waals surface area contributed by atoms with Crippen molar-refractivity contribution in [2.75, 3.05) is 16.8 Å². The van der Waals surface area contributed by atoms with E-state index in [-0.39, 0.29) is 0 Å². The standard InChI is InChI=1S/C11H11IN4/c12-7-3-1-2-4-9(7)15-10-6-5-8(13)11(14)16-10/h1-6H,13H2,(H3,14,15,16). The number of nitrogen functional groups attached to an aromatic ring is 2. The van der Waals surface area contributed by atoms with Crippen molar-refractivity contribution in [2.24, 2.45) is 0 Å². The van der Waals surface area contributed by atoms with E-state index >= 15 is 0 Å². The molecule has 0 aliphatic carbocycles. The molecule has 1 aromatic heterocycles. The molecule has 0 saturated carbocycles. The molecule has 16 heavy (non-hydrogen) atoms. The third kappa shape index (κ3) is 2.35. The minimum Gasteiger partial charge on any atom is -0.396 e. The molecule has 2 rings (SSSR count). The number of para-hydroxylation sites is 1. The molecule has 0 spiro atoms. The Bertz CT molecular complexity index is 513. The van der Waals surface area contributed by atoms with E-state index in [1.165, 1.54) is 0 Å². The highest BCUT2D eigenvalue weighted by Crippen LogP contribution is 2.22. The van der Waals surface area contributed by atoms with Crippen molar-refractivity contribution in [3.8, 4) is 0 Å². The zero-order chi connectivity index (χ0) is 11.5. The fourth-order valence-electron chi connectivity index (χ4n) is 1.26. The summed E-state index contributed by atoms with van der Waals surface area (Å²) < 4.78 is 1.12. The highest BCUT2D eigenvalue weighted by molar-refractivity contribution is 14.1. The molecule has 1 heterocycles. The average molecular weight is 326 g/mol. The van der Waals surface area contributed by atoms with Crippen LogP contribution in [-0.4, -0.2) is 4.98 Å². The van der Waals surface area contributed by atoms with Crippen LogP contribution in [0.15, 0.2) is 36.4 Å². The van der Waals surface area contributed by atoms with Crippen molar-refractivity contribution in [3.63, 3.8) is 0 Å². The van der Waals surface area contributed by atoms with Gasteiger partial charge in [0.25, 0.3) is 0 Å². The summed E-state index contributed by atoms with van der Waals surface area (Å²) in [4.78, 5) is 4.15. The summed E-state index contributed by atoms with van der Waals surface area (Å²) in [5.74, 6) is 1.03. The van der Waals surface area contributed by atoms with E-state index in [1.54, 1.807) is 12.1 Å². The van der Waals surface area contributed by atoms with Crippen LogP contribution in [-0.2, 0) is 0 Å². The maximum Gasteiger partial charge on any atom is 0.149 e. The maximum absolute atomic E-state index is 5.63. The molecule has 5 heteroatoms. The van der Waals surface area contributed by atoms with Crippen molar-refractivity contribution in [2.45, 2.75) is 0 Å². The minimum atomic E-state index is 0.343. The summed E-state index contributed by atoms with van der Waals surface area (Å²) in [6.45, 7) is 0. The SMILES string of the molecule is Nc1ccc(Nc2ccccc2I)nc1N. The van der Waals surface area contributed by atoms with Gasteiger partial charge in [0.2, 0.25) is 0 Å². The van der Waals surface area contributed by atoms with Crippen molar-refractivity contribution in [3.05, 3.63) is 40.0 Å². The van der Waals surface area contributed by atoms with Gasteiger partial charge in [-0.25, -0.2) is 4.98 Å². The molecule has 1 aromatic carbocycles. The molecule has 2 aromatic rings. The van der Waals surface area contributed by atoms with Gasteiger partial charge in [-0.15, -0.1) is 0 Å². The number of hydrogen-bond acceptors (Lipinski definition) is 4. The predicted molar refractivity (Wildman–Crippen MR) is 75.5 cm³/mol. The van der Waals surface area contributed by atoms with Crippen molar-refractivity contribution < 1.29 is 0 Å². The van der Waals surface area contributed by atoms with Crippen LogP contribution in [0.1, 0.15) is 0 Å². The Morgan fingerprint density at radius 1 is 1.06 bits per heavy atom. The van der Waals surface area contributed by atoms with E-state index < -0.39 is 0 Å². The van der Waals surface area contributed by atoms with E-state index in [2.05, 4.69) is 32.9 Å². The summed E-state index contributed by atoms with van der Waals surface area (Å²) in [5, 5.41) is 3.19. The Balaban J connectivity index is 2.28. The Morgan fingerprint density at radius 2 is 1.81 bits per heavy atom. The first kappa shape index (κ1) is 11.0. The lowest BCUT2D eigenvalue weighted by Crippen LogP contribution is -2.01. The summed E-state index contributed by atoms with van der Waals surface area (Å²) in [5.41, 5.74) is 12.7. The molecule has 82 valence electrons. The maximum atomic E-state index is 5.63. The van der Waals surface area contributed by atoms with Crippen LogP contribution in [0.5, 0.6) is 0 Å². The monoisotopic (exact) mass is 326 g/mol. The molecular weight excluding hydrogens is 315 g/mol. The van der Waals surface area contributed by atoms with Gasteiger partial charge in [0, 0.05) is 3.57 Å². The van der Waals surface area contributed by atoms with Crippen molar-refractivity contribution >= 4 is 45.6 Å². The van der Waals surface area contributed by atoms with Crippen LogP contribution >= 0.6 is 22.6 Å². The zero-order valence-corrected chi connectivity index (χ0v) is 10.6. The largest absolute Gasteiger partial charge is 0.396 e. The molecule has 0 bridgehead atoms. The van der Waals surface area contributed by atoms with Gasteiger partial charge in [-0.05, 0) is 46.9 Å². The van der Waals surface area contributed by atoms with Crippen LogP contribution in [0.2, 0.25) is 0 Å². The van der Waals surface area contributed by atoms with E-state index in [1.807, 2.05) is 24.3 Å². The lowest BCUT2D eigenvalue weighted by atomic mass is 10.3. The van der Waals surface area contributed by atoms with Gasteiger partial charge in [-0.1, -0.05) is 12.1 Å². The molecule has 0 unspecified atom stereocenters. The minimum absolute atomic E-state index is 0.343. The molecule has 0 fully saturated rings. The summed E-state index contributed by atoms with van der Waals surface area (Å²) in [6, 6.07) is 11.5. The number of nitrogens with zero attached hydrogens (tertiary/aromatic N) is 1. The van der Waals surface area contributed by atoms with Crippen LogP contribution in [0.25, 0.3) is 0 Å². The van der Waals surface area contributed by atoms with Crippen LogP contribution in [0.4, 0.5) is 23.0 Å². The van der Waals surface area contributed by atoms with E-state index in [4.69, 9.17) is 11.5 Å². The van der Waals surface area contributed by atoms with Crippen molar-refractivity contribution in [1.29, 1.82) is 0 Å². The van der Waals surface area contributed by atoms with Gasteiger partial charge in [0.1, 0.15) is 11.6 Å². The topological polar surface area (TPSA) is 77.0 Å². The van der Waals surface area contributed by atoms with Gasteiger partial charge < -0.3 is 16.8 Å². The smallest absolute Gasteiger partial charge is 0.149 e. The number of hydrogen-bond donors (Lipinski definition) is 3. The molecule has 4 nitrogen and oxygen atoms in total. The highest BCUT2D eigenvalue weighted by atomic mass is 127. The first-order valence-corrected chi connectivity index (χ1v) is 5.78. The molecule has 0 atom stereocenters. The average Bonchev–Trinajstić information content (AvgIpc) is 2.27. The van der Waals surface area contributed by atoms with Gasteiger partial charge in [0.15, 0.2) is 0 Å². The number of nitrogens with one attached hydrogen (secondary N) is 1. The van der Waals surface area contributed by atoms with Gasteiger partial charge in [-0.3, -0.25) is 0 Å². The number of nitrogens with two attached hydrogens (primary N) is 2. The van der Waals surface area contributed by atoms with Crippen LogP contribution in [0.3, 0.4) is 0 Å². The highest BCUT2D eigenvalue weighted by Gasteiger charge is 2.02. The molecule has 0 aliphatic heterocycles. The lowest BCUT2D eigenvalue weighted by molar-refractivity contribution is 1.31. The van der Waals surface area contributed by atoms with Gasteiger partial charge >= 0.3 is 0 Å². The Morgan fingerprint density at radius 3 is 2.50 bits per heavy atom. The first-order chi connectivity index (χ1) is 7.66. The fraction of sp³-hybridized carbons (Fsp3) is 0. The fourth-order valence-corrected chi connectivity index (χ4v) is 1.78. The second-order valence-electron chi connectivity index (χ2n) is 3.28. The summed E-state index contributed by atoms with van der Waals surface area (Å²) in [6.07, 6.45) is 0. The quantitative estimate of drug-likeness (QED) is 0.742. The number of anilines is 4. The summed E-state index contributed by atoms with van der Waals surface area (Å²) in [7, 11) is 0. The first-order valence-electron chi connectivity index (χ1n) is 4.70. The molecule has 0 radical (unpaired) electrons. The molecule has 0 aliphatic rings. The molecule has 5 N–H and O–H groups in total.